The Balaban J connectivity index is 1.55. The summed E-state index contributed by atoms with van der Waals surface area (Å²) in [7, 11) is 3.47. The molecule has 2 aromatic rings. The first-order valence-corrected chi connectivity index (χ1v) is 13.7. The quantitative estimate of drug-likeness (QED) is 0.204. The number of methoxy groups -OCH3 is 2. The average molecular weight is 505 g/mol. The standard InChI is InChI=1S/C32H40O5/c1-6-36-31(33)26-9-7-22(8-10-26)13-20(2)27-11-12-28(37-21(3)34-4)29(30(27)35-5)32-17-23-14-24(18-32)16-25(15-23)19-32/h7-13,21,23-25H,6,14-19H2,1-5H3. The molecule has 4 saturated carbocycles. The van der Waals surface area contributed by atoms with Crippen molar-refractivity contribution in [1.82, 2.24) is 0 Å². The molecule has 0 heterocycles. The molecule has 0 amide bonds. The van der Waals surface area contributed by atoms with E-state index in [1.54, 1.807) is 14.2 Å². The Hall–Kier alpha value is -2.79. The summed E-state index contributed by atoms with van der Waals surface area (Å²) in [4.78, 5) is 12.0. The second-order valence-corrected chi connectivity index (χ2v) is 11.3. The smallest absolute Gasteiger partial charge is 0.338 e. The number of carbonyl (C=O) groups excluding carboxylic acids is 1. The third kappa shape index (κ3) is 5.03. The molecule has 2 aromatic carbocycles. The molecule has 4 aliphatic carbocycles. The molecule has 0 spiro atoms. The molecule has 4 aliphatic rings. The largest absolute Gasteiger partial charge is 0.496 e. The van der Waals surface area contributed by atoms with E-state index >= 15 is 0 Å². The topological polar surface area (TPSA) is 54.0 Å². The third-order valence-corrected chi connectivity index (χ3v) is 8.75. The molecule has 5 nitrogen and oxygen atoms in total. The van der Waals surface area contributed by atoms with E-state index in [4.69, 9.17) is 18.9 Å². The molecule has 0 N–H and O–H groups in total. The van der Waals surface area contributed by atoms with Crippen LogP contribution < -0.4 is 9.47 Å². The lowest BCUT2D eigenvalue weighted by atomic mass is 9.47. The monoisotopic (exact) mass is 504 g/mol. The van der Waals surface area contributed by atoms with Crippen molar-refractivity contribution in [2.45, 2.75) is 71.0 Å². The summed E-state index contributed by atoms with van der Waals surface area (Å²) >= 11 is 0. The van der Waals surface area contributed by atoms with Crippen LogP contribution in [0.2, 0.25) is 0 Å². The number of hydrogen-bond donors (Lipinski definition) is 0. The fourth-order valence-corrected chi connectivity index (χ4v) is 7.59. The number of hydrogen-bond acceptors (Lipinski definition) is 5. The summed E-state index contributed by atoms with van der Waals surface area (Å²) in [6, 6.07) is 11.8. The molecule has 198 valence electrons. The first-order valence-electron chi connectivity index (χ1n) is 13.7. The predicted octanol–water partition coefficient (Wildman–Crippen LogP) is 7.27. The molecule has 6 rings (SSSR count). The molecule has 4 fully saturated rings. The van der Waals surface area contributed by atoms with Gasteiger partial charge in [-0.2, -0.15) is 0 Å². The Labute approximate surface area is 221 Å². The minimum atomic E-state index is -0.335. The fraction of sp³-hybridized carbons (Fsp3) is 0.531. The van der Waals surface area contributed by atoms with Gasteiger partial charge in [-0.25, -0.2) is 4.79 Å². The summed E-state index contributed by atoms with van der Waals surface area (Å²) < 4.78 is 23.2. The number of benzene rings is 2. The van der Waals surface area contributed by atoms with E-state index in [1.165, 1.54) is 44.1 Å². The summed E-state index contributed by atoms with van der Waals surface area (Å²) in [6.45, 7) is 6.25. The van der Waals surface area contributed by atoms with E-state index in [9.17, 15) is 4.79 Å². The van der Waals surface area contributed by atoms with Crippen LogP contribution in [0, 0.1) is 17.8 Å². The van der Waals surface area contributed by atoms with Crippen molar-refractivity contribution in [2.24, 2.45) is 17.8 Å². The minimum absolute atomic E-state index is 0.0977. The van der Waals surface area contributed by atoms with Crippen LogP contribution in [-0.2, 0) is 14.9 Å². The maximum absolute atomic E-state index is 12.0. The molecule has 0 aromatic heterocycles. The van der Waals surface area contributed by atoms with E-state index in [1.807, 2.05) is 38.1 Å². The lowest BCUT2D eigenvalue weighted by Gasteiger charge is -2.57. The number of rotatable bonds is 9. The van der Waals surface area contributed by atoms with Gasteiger partial charge >= 0.3 is 5.97 Å². The highest BCUT2D eigenvalue weighted by molar-refractivity contribution is 5.90. The second-order valence-electron chi connectivity index (χ2n) is 11.3. The molecule has 0 saturated heterocycles. The first kappa shape index (κ1) is 25.8. The van der Waals surface area contributed by atoms with Crippen molar-refractivity contribution in [3.8, 4) is 11.5 Å². The Morgan fingerprint density at radius 1 is 1.00 bits per heavy atom. The maximum Gasteiger partial charge on any atom is 0.338 e. The van der Waals surface area contributed by atoms with Crippen molar-refractivity contribution in [3.05, 3.63) is 58.7 Å². The highest BCUT2D eigenvalue weighted by Gasteiger charge is 2.54. The summed E-state index contributed by atoms with van der Waals surface area (Å²) in [5, 5.41) is 0. The van der Waals surface area contributed by atoms with Gasteiger partial charge in [-0.05, 0) is 112 Å². The molecule has 1 unspecified atom stereocenters. The van der Waals surface area contributed by atoms with Crippen molar-refractivity contribution in [2.75, 3.05) is 20.8 Å². The van der Waals surface area contributed by atoms with Crippen LogP contribution in [0.15, 0.2) is 36.4 Å². The van der Waals surface area contributed by atoms with Crippen LogP contribution in [0.4, 0.5) is 0 Å². The fourth-order valence-electron chi connectivity index (χ4n) is 7.59. The Morgan fingerprint density at radius 3 is 2.16 bits per heavy atom. The second kappa shape index (κ2) is 10.5. The zero-order valence-electron chi connectivity index (χ0n) is 22.8. The number of esters is 1. The van der Waals surface area contributed by atoms with E-state index in [0.717, 1.165) is 46.0 Å². The van der Waals surface area contributed by atoms with E-state index in [2.05, 4.69) is 25.1 Å². The van der Waals surface area contributed by atoms with Gasteiger partial charge in [0.25, 0.3) is 0 Å². The molecule has 0 radical (unpaired) electrons. The molecule has 4 bridgehead atoms. The van der Waals surface area contributed by atoms with Crippen LogP contribution in [0.3, 0.4) is 0 Å². The molecule has 37 heavy (non-hydrogen) atoms. The summed E-state index contributed by atoms with van der Waals surface area (Å²) in [5.41, 5.74) is 5.11. The number of ether oxygens (including phenoxy) is 4. The van der Waals surface area contributed by atoms with Gasteiger partial charge in [0.1, 0.15) is 11.5 Å². The lowest BCUT2D eigenvalue weighted by molar-refractivity contribution is -0.0439. The minimum Gasteiger partial charge on any atom is -0.496 e. The third-order valence-electron chi connectivity index (χ3n) is 8.75. The van der Waals surface area contributed by atoms with E-state index in [-0.39, 0.29) is 17.7 Å². The highest BCUT2D eigenvalue weighted by atomic mass is 16.7. The van der Waals surface area contributed by atoms with Crippen LogP contribution in [-0.4, -0.2) is 33.1 Å². The molecular weight excluding hydrogens is 464 g/mol. The zero-order valence-corrected chi connectivity index (χ0v) is 22.8. The van der Waals surface area contributed by atoms with Gasteiger partial charge in [0, 0.05) is 23.7 Å². The van der Waals surface area contributed by atoms with E-state index in [0.29, 0.717) is 12.2 Å². The van der Waals surface area contributed by atoms with Crippen molar-refractivity contribution >= 4 is 17.6 Å². The number of allylic oxidation sites excluding steroid dienone is 1. The van der Waals surface area contributed by atoms with Gasteiger partial charge in [-0.1, -0.05) is 18.2 Å². The SMILES string of the molecule is CCOC(=O)c1ccc(C=C(C)c2ccc(OC(C)OC)c(C34CC5CC(CC(C5)C3)C4)c2OC)cc1. The van der Waals surface area contributed by atoms with Gasteiger partial charge in [0.05, 0.1) is 19.3 Å². The van der Waals surface area contributed by atoms with Gasteiger partial charge in [-0.15, -0.1) is 0 Å². The molecular formula is C32H40O5. The van der Waals surface area contributed by atoms with Crippen LogP contribution in [0.5, 0.6) is 11.5 Å². The van der Waals surface area contributed by atoms with E-state index < -0.39 is 0 Å². The predicted molar refractivity (Wildman–Crippen MR) is 146 cm³/mol. The normalized spacial score (nSPS) is 27.2. The van der Waals surface area contributed by atoms with Crippen molar-refractivity contribution in [3.63, 3.8) is 0 Å². The maximum atomic E-state index is 12.0. The average Bonchev–Trinajstić information content (AvgIpc) is 2.87. The molecule has 0 aliphatic heterocycles. The lowest BCUT2D eigenvalue weighted by Crippen LogP contribution is -2.49. The van der Waals surface area contributed by atoms with Crippen molar-refractivity contribution < 1.29 is 23.7 Å². The first-order chi connectivity index (χ1) is 17.9. The summed E-state index contributed by atoms with van der Waals surface area (Å²) in [6.07, 6.45) is 9.61. The van der Waals surface area contributed by atoms with Crippen LogP contribution in [0.25, 0.3) is 11.6 Å². The Kier molecular flexibility index (Phi) is 7.35. The highest BCUT2D eigenvalue weighted by Crippen LogP contribution is 2.63. The molecule has 5 heteroatoms. The van der Waals surface area contributed by atoms with Crippen LogP contribution >= 0.6 is 0 Å². The van der Waals surface area contributed by atoms with Gasteiger partial charge in [0.2, 0.25) is 0 Å². The van der Waals surface area contributed by atoms with Crippen LogP contribution in [0.1, 0.15) is 86.3 Å². The Morgan fingerprint density at radius 2 is 1.62 bits per heavy atom. The van der Waals surface area contributed by atoms with Gasteiger partial charge in [0.15, 0.2) is 6.29 Å². The number of carbonyl (C=O) groups is 1. The summed E-state index contributed by atoms with van der Waals surface area (Å²) in [5.74, 6) is 3.95. The van der Waals surface area contributed by atoms with Crippen molar-refractivity contribution in [1.29, 1.82) is 0 Å². The van der Waals surface area contributed by atoms with Gasteiger partial charge in [-0.3, -0.25) is 0 Å². The van der Waals surface area contributed by atoms with Gasteiger partial charge < -0.3 is 18.9 Å². The zero-order chi connectivity index (χ0) is 26.2. The Bertz CT molecular complexity index is 1130. The molecule has 1 atom stereocenters.